The Balaban J connectivity index is 2.42. The van der Waals surface area contributed by atoms with E-state index in [1.165, 1.54) is 0 Å². The molecule has 0 unspecified atom stereocenters. The number of imidazole rings is 1. The summed E-state index contributed by atoms with van der Waals surface area (Å²) in [6.45, 7) is 2.06. The average molecular weight is 327 g/mol. The Morgan fingerprint density at radius 2 is 2.10 bits per heavy atom. The summed E-state index contributed by atoms with van der Waals surface area (Å²) in [5.74, 6) is 0. The van der Waals surface area contributed by atoms with E-state index >= 15 is 0 Å². The molecule has 0 saturated heterocycles. The molecule has 2 heterocycles. The fraction of sp³-hybridized carbons (Fsp3) is 0.231. The van der Waals surface area contributed by atoms with E-state index in [-0.39, 0.29) is 0 Å². The van der Waals surface area contributed by atoms with E-state index in [0.717, 1.165) is 29.0 Å². The second-order valence-corrected chi connectivity index (χ2v) is 5.63. The quantitative estimate of drug-likeness (QED) is 0.713. The lowest BCUT2D eigenvalue weighted by atomic mass is 10.3. The zero-order chi connectivity index (χ0) is 14.4. The Labute approximate surface area is 130 Å². The summed E-state index contributed by atoms with van der Waals surface area (Å²) >= 11 is 17.8. The predicted octanol–water partition coefficient (Wildman–Crippen LogP) is 4.29. The van der Waals surface area contributed by atoms with Crippen molar-refractivity contribution in [2.45, 2.75) is 13.3 Å². The number of aryl methyl sites for hydroxylation is 2. The van der Waals surface area contributed by atoms with Crippen LogP contribution in [0.3, 0.4) is 0 Å². The van der Waals surface area contributed by atoms with Crippen LogP contribution in [-0.4, -0.2) is 19.3 Å². The third kappa shape index (κ3) is 1.89. The molecule has 20 heavy (non-hydrogen) atoms. The molecule has 0 aliphatic carbocycles. The molecule has 104 valence electrons. The summed E-state index contributed by atoms with van der Waals surface area (Å²) in [6, 6.07) is 5.48. The topological polar surface area (TPSA) is 38.5 Å². The summed E-state index contributed by atoms with van der Waals surface area (Å²) in [6.07, 6.45) is 0.829. The van der Waals surface area contributed by atoms with Gasteiger partial charge in [-0.3, -0.25) is 4.57 Å². The Bertz CT molecular complexity index is 859. The molecular formula is C13H12Cl2N4S. The maximum atomic E-state index is 6.31. The number of benzene rings is 1. The number of aromatic nitrogens is 4. The van der Waals surface area contributed by atoms with Crippen LogP contribution in [-0.2, 0) is 13.5 Å². The van der Waals surface area contributed by atoms with Crippen molar-refractivity contribution < 1.29 is 0 Å². The van der Waals surface area contributed by atoms with E-state index in [0.29, 0.717) is 14.8 Å². The minimum Gasteiger partial charge on any atom is -0.327 e. The van der Waals surface area contributed by atoms with Crippen molar-refractivity contribution in [2.75, 3.05) is 0 Å². The third-order valence-electron chi connectivity index (χ3n) is 3.24. The Morgan fingerprint density at radius 1 is 1.35 bits per heavy atom. The van der Waals surface area contributed by atoms with Crippen molar-refractivity contribution in [1.82, 2.24) is 19.3 Å². The van der Waals surface area contributed by atoms with Gasteiger partial charge in [-0.15, -0.1) is 0 Å². The zero-order valence-corrected chi connectivity index (χ0v) is 13.3. The van der Waals surface area contributed by atoms with Gasteiger partial charge < -0.3 is 4.98 Å². The van der Waals surface area contributed by atoms with Crippen LogP contribution in [0, 0.1) is 4.77 Å². The van der Waals surface area contributed by atoms with Crippen molar-refractivity contribution in [3.05, 3.63) is 38.7 Å². The minimum atomic E-state index is 0.477. The van der Waals surface area contributed by atoms with E-state index in [4.69, 9.17) is 35.4 Å². The van der Waals surface area contributed by atoms with Gasteiger partial charge >= 0.3 is 0 Å². The fourth-order valence-electron chi connectivity index (χ4n) is 2.35. The van der Waals surface area contributed by atoms with Crippen LogP contribution in [0.25, 0.3) is 16.9 Å². The van der Waals surface area contributed by atoms with Gasteiger partial charge in [0.25, 0.3) is 0 Å². The third-order valence-corrected chi connectivity index (χ3v) is 4.34. The molecule has 2 aromatic heterocycles. The van der Waals surface area contributed by atoms with E-state index < -0.39 is 0 Å². The first kappa shape index (κ1) is 13.7. The predicted molar refractivity (Wildman–Crippen MR) is 84.6 cm³/mol. The molecule has 0 saturated carbocycles. The number of fused-ring (bicyclic) bond motifs is 1. The van der Waals surface area contributed by atoms with Crippen LogP contribution in [0.1, 0.15) is 12.6 Å². The van der Waals surface area contributed by atoms with Crippen molar-refractivity contribution in [2.24, 2.45) is 7.05 Å². The highest BCUT2D eigenvalue weighted by atomic mass is 35.5. The van der Waals surface area contributed by atoms with E-state index in [2.05, 4.69) is 17.0 Å². The van der Waals surface area contributed by atoms with Crippen LogP contribution in [0.15, 0.2) is 18.2 Å². The first-order valence-corrected chi connectivity index (χ1v) is 7.32. The second kappa shape index (κ2) is 4.91. The maximum absolute atomic E-state index is 6.31. The number of nitrogens with zero attached hydrogens (tertiary/aromatic N) is 3. The second-order valence-electron chi connectivity index (χ2n) is 4.46. The fourth-order valence-corrected chi connectivity index (χ4v) is 3.02. The first-order chi connectivity index (χ1) is 9.54. The number of hydrogen-bond donors (Lipinski definition) is 1. The van der Waals surface area contributed by atoms with E-state index in [1.54, 1.807) is 10.7 Å². The van der Waals surface area contributed by atoms with Crippen LogP contribution in [0.2, 0.25) is 10.0 Å². The maximum Gasteiger partial charge on any atom is 0.184 e. The number of nitrogens with one attached hydrogen (secondary N) is 1. The molecule has 3 rings (SSSR count). The highest BCUT2D eigenvalue weighted by molar-refractivity contribution is 7.71. The van der Waals surface area contributed by atoms with Gasteiger partial charge in [0.2, 0.25) is 0 Å². The molecule has 0 amide bonds. The summed E-state index contributed by atoms with van der Waals surface area (Å²) < 4.78 is 4.25. The summed E-state index contributed by atoms with van der Waals surface area (Å²) in [4.78, 5) is 3.21. The summed E-state index contributed by atoms with van der Waals surface area (Å²) in [7, 11) is 1.89. The Kier molecular flexibility index (Phi) is 3.36. The number of aromatic amines is 1. The van der Waals surface area contributed by atoms with Crippen molar-refractivity contribution in [3.63, 3.8) is 0 Å². The molecule has 4 nitrogen and oxygen atoms in total. The first-order valence-electron chi connectivity index (χ1n) is 6.15. The normalized spacial score (nSPS) is 11.4. The monoisotopic (exact) mass is 326 g/mol. The van der Waals surface area contributed by atoms with Crippen LogP contribution >= 0.6 is 35.4 Å². The zero-order valence-electron chi connectivity index (χ0n) is 10.9. The molecule has 0 aliphatic rings. The van der Waals surface area contributed by atoms with Gasteiger partial charge in [-0.05, 0) is 30.8 Å². The van der Waals surface area contributed by atoms with Gasteiger partial charge in [0.05, 0.1) is 21.4 Å². The summed E-state index contributed by atoms with van der Waals surface area (Å²) in [5, 5.41) is 5.47. The molecule has 1 aromatic carbocycles. The van der Waals surface area contributed by atoms with Crippen LogP contribution in [0.5, 0.6) is 0 Å². The lowest BCUT2D eigenvalue weighted by molar-refractivity contribution is 0.748. The van der Waals surface area contributed by atoms with Crippen LogP contribution < -0.4 is 0 Å². The Hall–Kier alpha value is -1.30. The van der Waals surface area contributed by atoms with Gasteiger partial charge in [0.1, 0.15) is 5.52 Å². The van der Waals surface area contributed by atoms with Crippen molar-refractivity contribution in [1.29, 1.82) is 0 Å². The van der Waals surface area contributed by atoms with Crippen LogP contribution in [0.4, 0.5) is 0 Å². The highest BCUT2D eigenvalue weighted by Gasteiger charge is 2.17. The van der Waals surface area contributed by atoms with Crippen molar-refractivity contribution in [3.8, 4) is 5.69 Å². The standard InChI is InChI=1S/C13H12Cl2N4S/c1-3-8-11-12(18(2)17-8)19(13(20)16-11)9-6-4-5-7(14)10(9)15/h4-6H,3H2,1-2H3,(H,16,20). The molecular weight excluding hydrogens is 315 g/mol. The molecule has 3 aromatic rings. The van der Waals surface area contributed by atoms with E-state index in [9.17, 15) is 0 Å². The van der Waals surface area contributed by atoms with Gasteiger partial charge in [0, 0.05) is 7.05 Å². The largest absolute Gasteiger partial charge is 0.327 e. The van der Waals surface area contributed by atoms with Crippen molar-refractivity contribution >= 4 is 46.6 Å². The molecule has 0 bridgehead atoms. The van der Waals surface area contributed by atoms with Gasteiger partial charge in [0.15, 0.2) is 10.4 Å². The minimum absolute atomic E-state index is 0.477. The molecule has 7 heteroatoms. The summed E-state index contributed by atoms with van der Waals surface area (Å²) in [5.41, 5.74) is 3.55. The van der Waals surface area contributed by atoms with Gasteiger partial charge in [-0.2, -0.15) is 5.10 Å². The lowest BCUT2D eigenvalue weighted by Gasteiger charge is -2.08. The molecule has 0 radical (unpaired) electrons. The molecule has 0 aliphatic heterocycles. The SMILES string of the molecule is CCc1nn(C)c2c1[nH]c(=S)n2-c1cccc(Cl)c1Cl. The number of hydrogen-bond acceptors (Lipinski definition) is 2. The molecule has 0 fully saturated rings. The molecule has 1 N–H and O–H groups in total. The van der Waals surface area contributed by atoms with E-state index in [1.807, 2.05) is 23.7 Å². The molecule has 0 atom stereocenters. The average Bonchev–Trinajstić information content (AvgIpc) is 2.90. The Morgan fingerprint density at radius 3 is 2.80 bits per heavy atom. The van der Waals surface area contributed by atoms with Gasteiger partial charge in [-0.25, -0.2) is 4.68 Å². The lowest BCUT2D eigenvalue weighted by Crippen LogP contribution is -2.01. The van der Waals surface area contributed by atoms with Gasteiger partial charge in [-0.1, -0.05) is 36.2 Å². The number of rotatable bonds is 2. The highest BCUT2D eigenvalue weighted by Crippen LogP contribution is 2.31. The molecule has 0 spiro atoms. The number of halogens is 2. The number of H-pyrrole nitrogens is 1. The smallest absolute Gasteiger partial charge is 0.184 e.